The first-order valence-electron chi connectivity index (χ1n) is 4.26. The fraction of sp³-hybridized carbons (Fsp3) is 0.111. The number of alkyl halides is 3. The van der Waals surface area contributed by atoms with Crippen molar-refractivity contribution in [2.45, 2.75) is 6.18 Å². The Morgan fingerprint density at radius 2 is 2.06 bits per heavy atom. The number of anilines is 2. The summed E-state index contributed by atoms with van der Waals surface area (Å²) in [6.45, 7) is 0. The molecule has 1 aromatic heterocycles. The highest BCUT2D eigenvalue weighted by atomic mass is 32.1. The van der Waals surface area contributed by atoms with E-state index in [0.29, 0.717) is 10.8 Å². The Kier molecular flexibility index (Phi) is 2.78. The monoisotopic (exact) mass is 245 g/mol. The molecule has 1 aromatic carbocycles. The Labute approximate surface area is 92.9 Å². The van der Waals surface area contributed by atoms with Crippen LogP contribution in [0.1, 0.15) is 5.56 Å². The molecule has 2 aromatic rings. The van der Waals surface area contributed by atoms with Crippen LogP contribution in [-0.4, -0.2) is 10.2 Å². The van der Waals surface area contributed by atoms with Crippen LogP contribution in [0.15, 0.2) is 29.8 Å². The second-order valence-electron chi connectivity index (χ2n) is 2.95. The molecule has 0 aliphatic carbocycles. The minimum absolute atomic E-state index is 0.339. The number of nitrogens with one attached hydrogen (secondary N) is 1. The molecule has 84 valence electrons. The second kappa shape index (κ2) is 4.09. The fourth-order valence-corrected chi connectivity index (χ4v) is 1.59. The summed E-state index contributed by atoms with van der Waals surface area (Å²) in [5, 5.41) is 10.5. The molecule has 0 bridgehead atoms. The fourth-order valence-electron chi connectivity index (χ4n) is 1.12. The smallest absolute Gasteiger partial charge is 0.330 e. The molecule has 3 nitrogen and oxygen atoms in total. The van der Waals surface area contributed by atoms with Gasteiger partial charge in [0.1, 0.15) is 5.51 Å². The third kappa shape index (κ3) is 2.48. The van der Waals surface area contributed by atoms with Gasteiger partial charge in [0.15, 0.2) is 0 Å². The molecule has 0 aliphatic rings. The van der Waals surface area contributed by atoms with Gasteiger partial charge in [0.2, 0.25) is 5.13 Å². The minimum Gasteiger partial charge on any atom is -0.330 e. The highest BCUT2D eigenvalue weighted by Gasteiger charge is 2.30. The van der Waals surface area contributed by atoms with Crippen molar-refractivity contribution in [1.29, 1.82) is 0 Å². The molecule has 1 N–H and O–H groups in total. The Balaban J connectivity index is 2.23. The zero-order valence-electron chi connectivity index (χ0n) is 7.82. The number of hydrogen-bond donors (Lipinski definition) is 1. The van der Waals surface area contributed by atoms with Crippen molar-refractivity contribution >= 4 is 22.2 Å². The lowest BCUT2D eigenvalue weighted by Gasteiger charge is -2.08. The SMILES string of the molecule is FC(F)(F)c1cccc(Nc2nncs2)c1. The second-order valence-corrected chi connectivity index (χ2v) is 3.78. The predicted molar refractivity (Wildman–Crippen MR) is 54.6 cm³/mol. The van der Waals surface area contributed by atoms with Crippen LogP contribution in [0.25, 0.3) is 0 Å². The summed E-state index contributed by atoms with van der Waals surface area (Å²) < 4.78 is 37.2. The van der Waals surface area contributed by atoms with Gasteiger partial charge in [-0.15, -0.1) is 10.2 Å². The molecule has 0 saturated heterocycles. The van der Waals surface area contributed by atoms with Crippen molar-refractivity contribution in [3.05, 3.63) is 35.3 Å². The van der Waals surface area contributed by atoms with Gasteiger partial charge in [-0.2, -0.15) is 13.2 Å². The van der Waals surface area contributed by atoms with Crippen molar-refractivity contribution in [1.82, 2.24) is 10.2 Å². The molecule has 0 atom stereocenters. The van der Waals surface area contributed by atoms with Gasteiger partial charge in [-0.1, -0.05) is 17.4 Å². The van der Waals surface area contributed by atoms with E-state index in [1.165, 1.54) is 29.0 Å². The van der Waals surface area contributed by atoms with Crippen LogP contribution in [0.5, 0.6) is 0 Å². The summed E-state index contributed by atoms with van der Waals surface area (Å²) in [5.74, 6) is 0. The van der Waals surface area contributed by atoms with Crippen LogP contribution < -0.4 is 5.32 Å². The van der Waals surface area contributed by atoms with E-state index in [9.17, 15) is 13.2 Å². The summed E-state index contributed by atoms with van der Waals surface area (Å²) in [5.41, 5.74) is 1.14. The van der Waals surface area contributed by atoms with Gasteiger partial charge in [0, 0.05) is 5.69 Å². The van der Waals surface area contributed by atoms with Crippen LogP contribution in [0, 0.1) is 0 Å². The van der Waals surface area contributed by atoms with E-state index in [1.54, 1.807) is 0 Å². The number of hydrogen-bond acceptors (Lipinski definition) is 4. The van der Waals surface area contributed by atoms with E-state index < -0.39 is 11.7 Å². The molecule has 0 spiro atoms. The quantitative estimate of drug-likeness (QED) is 0.882. The summed E-state index contributed by atoms with van der Waals surface area (Å²) in [4.78, 5) is 0. The van der Waals surface area contributed by atoms with Crippen LogP contribution in [0.3, 0.4) is 0 Å². The van der Waals surface area contributed by atoms with E-state index in [-0.39, 0.29) is 0 Å². The summed E-state index contributed by atoms with van der Waals surface area (Å²) >= 11 is 1.22. The molecule has 0 unspecified atom stereocenters. The zero-order chi connectivity index (χ0) is 11.6. The highest BCUT2D eigenvalue weighted by Crippen LogP contribution is 2.31. The molecule has 0 aliphatic heterocycles. The normalized spacial score (nSPS) is 11.4. The van der Waals surface area contributed by atoms with Gasteiger partial charge in [0.25, 0.3) is 0 Å². The lowest BCUT2D eigenvalue weighted by atomic mass is 10.2. The van der Waals surface area contributed by atoms with Crippen molar-refractivity contribution in [3.8, 4) is 0 Å². The van der Waals surface area contributed by atoms with Crippen molar-refractivity contribution in [2.75, 3.05) is 5.32 Å². The van der Waals surface area contributed by atoms with Crippen LogP contribution in [0.4, 0.5) is 24.0 Å². The average molecular weight is 245 g/mol. The molecule has 2 rings (SSSR count). The van der Waals surface area contributed by atoms with E-state index in [1.807, 2.05) is 0 Å². The Morgan fingerprint density at radius 3 is 2.69 bits per heavy atom. The van der Waals surface area contributed by atoms with Gasteiger partial charge in [0.05, 0.1) is 5.56 Å². The number of halogens is 3. The third-order valence-electron chi connectivity index (χ3n) is 1.80. The maximum absolute atomic E-state index is 12.4. The average Bonchev–Trinajstić information content (AvgIpc) is 2.70. The molecule has 1 heterocycles. The van der Waals surface area contributed by atoms with Gasteiger partial charge in [-0.05, 0) is 18.2 Å². The van der Waals surface area contributed by atoms with Crippen molar-refractivity contribution in [2.24, 2.45) is 0 Å². The van der Waals surface area contributed by atoms with Crippen LogP contribution in [0.2, 0.25) is 0 Å². The number of rotatable bonds is 2. The molecule has 0 radical (unpaired) electrons. The van der Waals surface area contributed by atoms with E-state index in [4.69, 9.17) is 0 Å². The van der Waals surface area contributed by atoms with Crippen LogP contribution in [-0.2, 0) is 6.18 Å². The Hall–Kier alpha value is -1.63. The third-order valence-corrected chi connectivity index (χ3v) is 2.41. The predicted octanol–water partition coefficient (Wildman–Crippen LogP) is 3.30. The van der Waals surface area contributed by atoms with Crippen molar-refractivity contribution < 1.29 is 13.2 Å². The number of benzene rings is 1. The molecule has 0 fully saturated rings. The first kappa shape index (κ1) is 10.9. The lowest BCUT2D eigenvalue weighted by Crippen LogP contribution is -2.05. The minimum atomic E-state index is -4.33. The molecule has 0 amide bonds. The number of nitrogens with zero attached hydrogens (tertiary/aromatic N) is 2. The maximum Gasteiger partial charge on any atom is 0.416 e. The summed E-state index contributed by atoms with van der Waals surface area (Å²) in [7, 11) is 0. The van der Waals surface area contributed by atoms with Crippen molar-refractivity contribution in [3.63, 3.8) is 0 Å². The first-order valence-corrected chi connectivity index (χ1v) is 5.14. The van der Waals surface area contributed by atoms with Gasteiger partial charge in [-0.3, -0.25) is 0 Å². The number of aromatic nitrogens is 2. The maximum atomic E-state index is 12.4. The topological polar surface area (TPSA) is 37.8 Å². The molecule has 16 heavy (non-hydrogen) atoms. The van der Waals surface area contributed by atoms with Gasteiger partial charge >= 0.3 is 6.18 Å². The highest BCUT2D eigenvalue weighted by molar-refractivity contribution is 7.13. The van der Waals surface area contributed by atoms with E-state index >= 15 is 0 Å². The summed E-state index contributed by atoms with van der Waals surface area (Å²) in [6, 6.07) is 4.93. The van der Waals surface area contributed by atoms with E-state index in [0.717, 1.165) is 12.1 Å². The molecular weight excluding hydrogens is 239 g/mol. The zero-order valence-corrected chi connectivity index (χ0v) is 8.64. The van der Waals surface area contributed by atoms with Crippen LogP contribution >= 0.6 is 11.3 Å². The lowest BCUT2D eigenvalue weighted by molar-refractivity contribution is -0.137. The summed E-state index contributed by atoms with van der Waals surface area (Å²) in [6.07, 6.45) is -4.33. The molecular formula is C9H6F3N3S. The standard InChI is InChI=1S/C9H6F3N3S/c10-9(11,12)6-2-1-3-7(4-6)14-8-15-13-5-16-8/h1-5H,(H,14,15). The van der Waals surface area contributed by atoms with Gasteiger partial charge in [-0.25, -0.2) is 0 Å². The first-order chi connectivity index (χ1) is 7.55. The van der Waals surface area contributed by atoms with Gasteiger partial charge < -0.3 is 5.32 Å². The Morgan fingerprint density at radius 1 is 1.25 bits per heavy atom. The molecule has 0 saturated carbocycles. The largest absolute Gasteiger partial charge is 0.416 e. The molecule has 7 heteroatoms. The van der Waals surface area contributed by atoms with E-state index in [2.05, 4.69) is 15.5 Å². The Bertz CT molecular complexity index is 467.